The minimum atomic E-state index is -0.0783. The molecule has 1 saturated carbocycles. The Balaban J connectivity index is 0.883. The summed E-state index contributed by atoms with van der Waals surface area (Å²) in [5, 5.41) is 9.13. The highest BCUT2D eigenvalue weighted by Crippen LogP contribution is 2.59. The molecule has 6 nitrogen and oxygen atoms in total. The molecule has 4 aliphatic heterocycles. The predicted molar refractivity (Wildman–Crippen MR) is 264 cm³/mol. The molecular formula is C57H68N6S. The van der Waals surface area contributed by atoms with Crippen molar-refractivity contribution in [1.29, 1.82) is 0 Å². The van der Waals surface area contributed by atoms with Gasteiger partial charge in [0.1, 0.15) is 18.2 Å². The van der Waals surface area contributed by atoms with Crippen LogP contribution in [0.3, 0.4) is 0 Å². The van der Waals surface area contributed by atoms with Gasteiger partial charge in [0.15, 0.2) is 0 Å². The Kier molecular flexibility index (Phi) is 10.4. The largest absolute Gasteiger partial charge is 0.399 e. The van der Waals surface area contributed by atoms with Gasteiger partial charge in [-0.05, 0) is 166 Å². The summed E-state index contributed by atoms with van der Waals surface area (Å²) in [5.41, 5.74) is 20.7. The molecule has 0 radical (unpaired) electrons. The summed E-state index contributed by atoms with van der Waals surface area (Å²) in [4.78, 5) is 13.4. The van der Waals surface area contributed by atoms with Crippen LogP contribution >= 0.6 is 11.8 Å². The first kappa shape index (κ1) is 40.1. The van der Waals surface area contributed by atoms with E-state index in [2.05, 4.69) is 129 Å². The average molecular weight is 869 g/mol. The van der Waals surface area contributed by atoms with Gasteiger partial charge < -0.3 is 20.9 Å². The van der Waals surface area contributed by atoms with Gasteiger partial charge in [-0.25, -0.2) is 4.99 Å². The first-order valence-electron chi connectivity index (χ1n) is 25.7. The monoisotopic (exact) mass is 869 g/mol. The number of nitrogens with two attached hydrogens (primary N) is 1. The molecule has 0 aromatic heterocycles. The summed E-state index contributed by atoms with van der Waals surface area (Å²) >= 11 is 2.18. The quantitative estimate of drug-likeness (QED) is 0.231. The maximum atomic E-state index is 6.98. The number of amidine groups is 1. The topological polar surface area (TPSA) is 68.9 Å². The lowest BCUT2D eigenvalue weighted by molar-refractivity contribution is 0.0598. The molecule has 332 valence electrons. The van der Waals surface area contributed by atoms with Crippen LogP contribution in [0.5, 0.6) is 0 Å². The van der Waals surface area contributed by atoms with Gasteiger partial charge in [0.25, 0.3) is 0 Å². The van der Waals surface area contributed by atoms with Gasteiger partial charge in [0.2, 0.25) is 0 Å². The van der Waals surface area contributed by atoms with Crippen molar-refractivity contribution in [3.8, 4) is 0 Å². The maximum absolute atomic E-state index is 6.98. The fourth-order valence-corrected chi connectivity index (χ4v) is 16.5. The van der Waals surface area contributed by atoms with Crippen LogP contribution in [0.15, 0.2) is 158 Å². The van der Waals surface area contributed by atoms with Crippen molar-refractivity contribution < 1.29 is 0 Å². The molecule has 4 heterocycles. The SMILES string of the molecule is NC1=CCC(N2C3=C(CCC=C3)C3CCC4C(C5=C(CCCC5)N4C4C=CC=CC4)C32)C(C2NC(C3C=C(C4C=CCCC4)C=CC3)=NC(C3=CC4=C(CC3)SC3CC=CCC43)N2)=C1. The smallest absolute Gasteiger partial charge is 0.125 e. The van der Waals surface area contributed by atoms with E-state index in [1.165, 1.54) is 100 Å². The second kappa shape index (κ2) is 16.6. The van der Waals surface area contributed by atoms with E-state index in [1.54, 1.807) is 27.4 Å². The standard InChI is InChI=1S/C57H68N6S/c58-39-27-29-49(63-47-23-10-7-20-41(47)43-28-30-50-53(54(43)63)44-22-8-11-24-48(44)62(50)40-18-5-2-6-19-40)46(34-39)57-60-55(37-17-13-16-36(32-37)35-14-3-1-4-15-35)59-56(61-57)38-26-31-52-45(33-38)42-21-9-12-25-51(42)64-52/h2-3,5-6,9-10,12-14,16,18,23,27,32-35,37,40,42-43,49-51,53-54,56-57,61H,1,4,7-8,11,15,17,19-22,24-26,28-31,58H2,(H,59,60). The highest BCUT2D eigenvalue weighted by molar-refractivity contribution is 8.04. The molecule has 0 saturated heterocycles. The number of rotatable bonds is 6. The lowest BCUT2D eigenvalue weighted by Crippen LogP contribution is -2.61. The molecule has 0 aromatic carbocycles. The van der Waals surface area contributed by atoms with Crippen LogP contribution in [-0.4, -0.2) is 57.4 Å². The van der Waals surface area contributed by atoms with E-state index in [0.29, 0.717) is 47.0 Å². The summed E-state index contributed by atoms with van der Waals surface area (Å²) in [6, 6.07) is 1.74. The number of thioether (sulfide) groups is 1. The van der Waals surface area contributed by atoms with Crippen molar-refractivity contribution in [1.82, 2.24) is 20.4 Å². The van der Waals surface area contributed by atoms with Crippen LogP contribution in [0.2, 0.25) is 0 Å². The normalized spacial score (nSPS) is 39.6. The molecule has 0 bridgehead atoms. The molecule has 64 heavy (non-hydrogen) atoms. The van der Waals surface area contributed by atoms with Gasteiger partial charge in [-0.1, -0.05) is 85.1 Å². The fraction of sp³-hybridized carbons (Fsp3) is 0.526. The highest BCUT2D eigenvalue weighted by atomic mass is 32.2. The van der Waals surface area contributed by atoms with E-state index in [-0.39, 0.29) is 24.3 Å². The molecule has 4 N–H and O–H groups in total. The molecule has 0 aromatic rings. The summed E-state index contributed by atoms with van der Waals surface area (Å²) in [6.07, 6.45) is 60.4. The van der Waals surface area contributed by atoms with Gasteiger partial charge in [0.05, 0.1) is 12.1 Å². The second-order valence-corrected chi connectivity index (χ2v) is 22.5. The van der Waals surface area contributed by atoms with Crippen LogP contribution in [0.25, 0.3) is 0 Å². The van der Waals surface area contributed by atoms with E-state index in [4.69, 9.17) is 10.7 Å². The zero-order valence-electron chi connectivity index (χ0n) is 37.7. The number of allylic oxidation sites excluding steroid dienone is 16. The third kappa shape index (κ3) is 6.78. The molecule has 13 aliphatic rings. The van der Waals surface area contributed by atoms with E-state index >= 15 is 0 Å². The van der Waals surface area contributed by atoms with E-state index in [9.17, 15) is 0 Å². The Bertz CT molecular complexity index is 2410. The lowest BCUT2D eigenvalue weighted by Gasteiger charge is -2.50. The molecule has 12 atom stereocenters. The van der Waals surface area contributed by atoms with E-state index < -0.39 is 0 Å². The summed E-state index contributed by atoms with van der Waals surface area (Å²) in [6.45, 7) is 0. The first-order valence-corrected chi connectivity index (χ1v) is 26.6. The molecule has 0 amide bonds. The van der Waals surface area contributed by atoms with Crippen LogP contribution in [0.1, 0.15) is 116 Å². The highest BCUT2D eigenvalue weighted by Gasteiger charge is 2.57. The van der Waals surface area contributed by atoms with E-state index in [0.717, 1.165) is 43.6 Å². The van der Waals surface area contributed by atoms with Crippen molar-refractivity contribution in [3.63, 3.8) is 0 Å². The van der Waals surface area contributed by atoms with Gasteiger partial charge in [-0.2, -0.15) is 0 Å². The van der Waals surface area contributed by atoms with Crippen molar-refractivity contribution in [2.45, 2.75) is 157 Å². The number of fused-ring (bicyclic) bond motifs is 7. The van der Waals surface area contributed by atoms with Crippen molar-refractivity contribution in [2.75, 3.05) is 0 Å². The van der Waals surface area contributed by atoms with Crippen molar-refractivity contribution >= 4 is 17.6 Å². The van der Waals surface area contributed by atoms with Crippen molar-refractivity contribution in [2.24, 2.45) is 40.3 Å². The van der Waals surface area contributed by atoms with Gasteiger partial charge >= 0.3 is 0 Å². The molecule has 0 spiro atoms. The second-order valence-electron chi connectivity index (χ2n) is 21.2. The predicted octanol–water partition coefficient (Wildman–Crippen LogP) is 11.4. The Morgan fingerprint density at radius 1 is 0.734 bits per heavy atom. The van der Waals surface area contributed by atoms with Crippen molar-refractivity contribution in [3.05, 3.63) is 153 Å². The number of nitrogens with zero attached hydrogens (tertiary/aromatic N) is 3. The number of hydrogen-bond donors (Lipinski definition) is 3. The summed E-state index contributed by atoms with van der Waals surface area (Å²) in [5.74, 6) is 3.70. The number of nitrogens with one attached hydrogen (secondary N) is 2. The van der Waals surface area contributed by atoms with Crippen LogP contribution in [0, 0.1) is 29.6 Å². The number of hydrogen-bond acceptors (Lipinski definition) is 7. The summed E-state index contributed by atoms with van der Waals surface area (Å²) in [7, 11) is 0. The van der Waals surface area contributed by atoms with Gasteiger partial charge in [0, 0.05) is 64.0 Å². The first-order chi connectivity index (χ1) is 31.6. The van der Waals surface area contributed by atoms with Crippen LogP contribution < -0.4 is 16.4 Å². The Hall–Kier alpha value is -4.20. The summed E-state index contributed by atoms with van der Waals surface area (Å²) < 4.78 is 0. The molecular weight excluding hydrogens is 801 g/mol. The van der Waals surface area contributed by atoms with E-state index in [1.807, 2.05) is 5.57 Å². The minimum absolute atomic E-state index is 0.0739. The Labute approximate surface area is 386 Å². The third-order valence-electron chi connectivity index (χ3n) is 17.8. The zero-order chi connectivity index (χ0) is 42.3. The molecule has 13 rings (SSSR count). The third-order valence-corrected chi connectivity index (χ3v) is 19.3. The maximum Gasteiger partial charge on any atom is 0.125 e. The Morgan fingerprint density at radius 2 is 1.69 bits per heavy atom. The van der Waals surface area contributed by atoms with Crippen LogP contribution in [0.4, 0.5) is 0 Å². The average Bonchev–Trinajstić information content (AvgIpc) is 4.02. The number of aliphatic imine (C=N–C) groups is 1. The Morgan fingerprint density at radius 3 is 2.61 bits per heavy atom. The minimum Gasteiger partial charge on any atom is -0.399 e. The van der Waals surface area contributed by atoms with Gasteiger partial charge in [-0.3, -0.25) is 5.32 Å². The fourth-order valence-electron chi connectivity index (χ4n) is 15.0. The van der Waals surface area contributed by atoms with Gasteiger partial charge in [-0.15, -0.1) is 11.8 Å². The molecule has 12 unspecified atom stereocenters. The molecule has 1 fully saturated rings. The lowest BCUT2D eigenvalue weighted by atomic mass is 9.68. The molecule has 9 aliphatic carbocycles. The zero-order valence-corrected chi connectivity index (χ0v) is 38.5. The molecule has 7 heteroatoms. The van der Waals surface area contributed by atoms with Crippen LogP contribution in [-0.2, 0) is 0 Å².